The van der Waals surface area contributed by atoms with Gasteiger partial charge in [-0.05, 0) is 0 Å². The second-order valence-corrected chi connectivity index (χ2v) is 7.52. The van der Waals surface area contributed by atoms with Crippen molar-refractivity contribution in [2.75, 3.05) is 5.75 Å². The van der Waals surface area contributed by atoms with Crippen LogP contribution in [0, 0.1) is 5.92 Å². The molecule has 1 rings (SSSR count). The van der Waals surface area contributed by atoms with Crippen molar-refractivity contribution in [3.8, 4) is 0 Å². The molecule has 0 N–H and O–H groups in total. The van der Waals surface area contributed by atoms with E-state index in [-0.39, 0.29) is 0 Å². The third-order valence-corrected chi connectivity index (χ3v) is 7.27. The van der Waals surface area contributed by atoms with E-state index < -0.39 is 0 Å². The first-order valence-corrected chi connectivity index (χ1v) is 8.02. The van der Waals surface area contributed by atoms with Gasteiger partial charge in [-0.25, -0.2) is 0 Å². The van der Waals surface area contributed by atoms with E-state index in [9.17, 15) is 0 Å². The van der Waals surface area contributed by atoms with Gasteiger partial charge < -0.3 is 0 Å². The normalized spacial score (nSPS) is 24.5. The van der Waals surface area contributed by atoms with E-state index in [0.29, 0.717) is 0 Å². The average molecular weight is 253 g/mol. The molecule has 0 radical (unpaired) electrons. The molecule has 0 saturated heterocycles. The van der Waals surface area contributed by atoms with Gasteiger partial charge in [0.25, 0.3) is 0 Å². The number of hydrogen-bond acceptors (Lipinski definition) is 2. The van der Waals surface area contributed by atoms with Gasteiger partial charge >= 0.3 is 84.3 Å². The molecule has 1 heterocycles. The van der Waals surface area contributed by atoms with E-state index in [2.05, 4.69) is 36.0 Å². The Labute approximate surface area is 84.1 Å². The molecule has 1 aliphatic heterocycles. The van der Waals surface area contributed by atoms with Crippen LogP contribution in [-0.4, -0.2) is 25.3 Å². The number of rotatable bonds is 3. The molecule has 64 valence electrons. The third kappa shape index (κ3) is 4.51. The molecule has 1 unspecified atom stereocenters. The predicted octanol–water partition coefficient (Wildman–Crippen LogP) is 3.04. The summed E-state index contributed by atoms with van der Waals surface area (Å²) >= 11 is 4.93. The summed E-state index contributed by atoms with van der Waals surface area (Å²) in [6.07, 6.45) is 0. The standard InChI is InChI=1S/C8H14S2Se/c1-7(2)5-10-8-6-11-4-3-9-8/h3-4,7-8H,5-6H2,1-2H3. The molecular formula is C8H14S2Se. The van der Waals surface area contributed by atoms with Crippen molar-refractivity contribution in [1.29, 1.82) is 0 Å². The minimum absolute atomic E-state index is 0.792. The van der Waals surface area contributed by atoms with Crippen LogP contribution in [-0.2, 0) is 0 Å². The van der Waals surface area contributed by atoms with Gasteiger partial charge in [0.1, 0.15) is 0 Å². The molecule has 0 aromatic carbocycles. The minimum atomic E-state index is 0.792. The monoisotopic (exact) mass is 254 g/mol. The molecule has 0 aromatic heterocycles. The summed E-state index contributed by atoms with van der Waals surface area (Å²) in [6.45, 7) is 4.59. The van der Waals surface area contributed by atoms with Crippen molar-refractivity contribution in [3.63, 3.8) is 0 Å². The molecule has 1 aliphatic rings. The van der Waals surface area contributed by atoms with Gasteiger partial charge in [-0.15, -0.1) is 0 Å². The Morgan fingerprint density at radius 2 is 2.55 bits per heavy atom. The Balaban J connectivity index is 2.11. The predicted molar refractivity (Wildman–Crippen MR) is 58.4 cm³/mol. The molecule has 0 spiro atoms. The fourth-order valence-electron chi connectivity index (χ4n) is 0.720. The maximum atomic E-state index is 2.34. The molecule has 0 amide bonds. The number of thioether (sulfide) groups is 2. The topological polar surface area (TPSA) is 0 Å². The zero-order valence-electron chi connectivity index (χ0n) is 6.95. The van der Waals surface area contributed by atoms with Crippen LogP contribution >= 0.6 is 23.5 Å². The molecule has 0 aromatic rings. The van der Waals surface area contributed by atoms with Gasteiger partial charge in [0.15, 0.2) is 0 Å². The molecule has 0 nitrogen and oxygen atoms in total. The van der Waals surface area contributed by atoms with Crippen molar-refractivity contribution in [1.82, 2.24) is 0 Å². The van der Waals surface area contributed by atoms with Crippen molar-refractivity contribution < 1.29 is 0 Å². The van der Waals surface area contributed by atoms with E-state index in [0.717, 1.165) is 25.5 Å². The summed E-state index contributed by atoms with van der Waals surface area (Å²) < 4.78 is 0.863. The van der Waals surface area contributed by atoms with Crippen molar-refractivity contribution >= 4 is 38.5 Å². The second-order valence-electron chi connectivity index (χ2n) is 2.90. The van der Waals surface area contributed by atoms with Gasteiger partial charge in [-0.2, -0.15) is 0 Å². The fourth-order valence-corrected chi connectivity index (χ4v) is 5.93. The van der Waals surface area contributed by atoms with E-state index in [4.69, 9.17) is 0 Å². The van der Waals surface area contributed by atoms with Crippen LogP contribution in [0.2, 0.25) is 5.32 Å². The molecule has 11 heavy (non-hydrogen) atoms. The third-order valence-electron chi connectivity index (χ3n) is 1.23. The van der Waals surface area contributed by atoms with Crippen LogP contribution < -0.4 is 0 Å². The van der Waals surface area contributed by atoms with Crippen LogP contribution in [0.15, 0.2) is 10.4 Å². The van der Waals surface area contributed by atoms with Gasteiger partial charge in [-0.3, -0.25) is 0 Å². The summed E-state index contributed by atoms with van der Waals surface area (Å²) in [5.41, 5.74) is 0. The van der Waals surface area contributed by atoms with E-state index in [1.807, 2.05) is 11.8 Å². The molecule has 0 fully saturated rings. The second kappa shape index (κ2) is 5.58. The maximum absolute atomic E-state index is 2.34. The van der Waals surface area contributed by atoms with Crippen molar-refractivity contribution in [2.24, 2.45) is 5.92 Å². The Hall–Kier alpha value is 0.959. The Morgan fingerprint density at radius 3 is 3.09 bits per heavy atom. The molecule has 1 atom stereocenters. The first-order chi connectivity index (χ1) is 5.29. The van der Waals surface area contributed by atoms with Crippen molar-refractivity contribution in [2.45, 2.75) is 23.7 Å². The first kappa shape index (κ1) is 10.0. The quantitative estimate of drug-likeness (QED) is 0.709. The van der Waals surface area contributed by atoms with E-state index >= 15 is 0 Å². The first-order valence-electron chi connectivity index (χ1n) is 3.82. The fraction of sp³-hybridized carbons (Fsp3) is 0.750. The molecule has 0 bridgehead atoms. The average Bonchev–Trinajstić information content (AvgIpc) is 2.03. The zero-order valence-corrected chi connectivity index (χ0v) is 10.3. The van der Waals surface area contributed by atoms with Crippen LogP contribution in [0.25, 0.3) is 0 Å². The molecule has 3 heteroatoms. The van der Waals surface area contributed by atoms with Gasteiger partial charge in [0, 0.05) is 0 Å². The SMILES string of the molecule is CC(C)CSC1C[Se]C=CS1. The van der Waals surface area contributed by atoms with Gasteiger partial charge in [0.2, 0.25) is 0 Å². The zero-order chi connectivity index (χ0) is 8.10. The summed E-state index contributed by atoms with van der Waals surface area (Å²) in [5.74, 6) is 2.17. The summed E-state index contributed by atoms with van der Waals surface area (Å²) in [4.78, 5) is 2.34. The van der Waals surface area contributed by atoms with Crippen LogP contribution in [0.5, 0.6) is 0 Å². The Bertz CT molecular complexity index is 134. The molecular weight excluding hydrogens is 239 g/mol. The Morgan fingerprint density at radius 1 is 1.73 bits per heavy atom. The number of hydrogen-bond donors (Lipinski definition) is 0. The Kier molecular flexibility index (Phi) is 5.09. The van der Waals surface area contributed by atoms with Crippen molar-refractivity contribution in [3.05, 3.63) is 10.4 Å². The summed E-state index contributed by atoms with van der Waals surface area (Å²) in [5, 5.41) is 3.70. The summed E-state index contributed by atoms with van der Waals surface area (Å²) in [6, 6.07) is 0. The molecule has 0 saturated carbocycles. The summed E-state index contributed by atoms with van der Waals surface area (Å²) in [7, 11) is 0. The van der Waals surface area contributed by atoms with E-state index in [1.54, 1.807) is 0 Å². The van der Waals surface area contributed by atoms with Gasteiger partial charge in [0.05, 0.1) is 0 Å². The van der Waals surface area contributed by atoms with E-state index in [1.165, 1.54) is 11.1 Å². The molecule has 0 aliphatic carbocycles. The van der Waals surface area contributed by atoms with Crippen LogP contribution in [0.1, 0.15) is 13.8 Å². The van der Waals surface area contributed by atoms with Gasteiger partial charge in [-0.1, -0.05) is 0 Å². The van der Waals surface area contributed by atoms with Crippen LogP contribution in [0.3, 0.4) is 0 Å². The van der Waals surface area contributed by atoms with Crippen LogP contribution in [0.4, 0.5) is 0 Å².